The Labute approximate surface area is 99.9 Å². The summed E-state index contributed by atoms with van der Waals surface area (Å²) in [6, 6.07) is -0.841. The lowest BCUT2D eigenvalue weighted by atomic mass is 10.2. The number of carbonyl (C=O) groups is 1. The molecule has 7 nitrogen and oxygen atoms in total. The Morgan fingerprint density at radius 3 is 2.53 bits per heavy atom. The minimum Gasteiger partial charge on any atom is -0.450 e. The van der Waals surface area contributed by atoms with Crippen LogP contribution in [0.15, 0.2) is 0 Å². The fraction of sp³-hybridized carbons (Fsp3) is 0.889. The standard InChI is InChI=1S/C9H17NO6S/c1-2-16-9(13)10(3-4-11)7-5-17(14,15)6-8(7)12/h7-8,11-12H,2-6H2,1H3. The van der Waals surface area contributed by atoms with Crippen molar-refractivity contribution in [3.63, 3.8) is 0 Å². The average Bonchev–Trinajstić information content (AvgIpc) is 2.49. The highest BCUT2D eigenvalue weighted by molar-refractivity contribution is 7.91. The largest absolute Gasteiger partial charge is 0.450 e. The van der Waals surface area contributed by atoms with Gasteiger partial charge in [0.2, 0.25) is 0 Å². The second-order valence-electron chi connectivity index (χ2n) is 3.83. The van der Waals surface area contributed by atoms with Gasteiger partial charge in [-0.2, -0.15) is 0 Å². The van der Waals surface area contributed by atoms with Crippen molar-refractivity contribution in [3.05, 3.63) is 0 Å². The molecule has 0 aromatic carbocycles. The molecule has 1 saturated heterocycles. The van der Waals surface area contributed by atoms with E-state index in [0.29, 0.717) is 0 Å². The predicted octanol–water partition coefficient (Wildman–Crippen LogP) is -1.40. The van der Waals surface area contributed by atoms with Crippen LogP contribution in [0.2, 0.25) is 0 Å². The number of hydrogen-bond acceptors (Lipinski definition) is 6. The molecular weight excluding hydrogens is 250 g/mol. The number of nitrogens with zero attached hydrogens (tertiary/aromatic N) is 1. The Bertz CT molecular complexity index is 368. The van der Waals surface area contributed by atoms with Gasteiger partial charge >= 0.3 is 6.09 Å². The monoisotopic (exact) mass is 267 g/mol. The molecule has 1 heterocycles. The summed E-state index contributed by atoms with van der Waals surface area (Å²) in [5.74, 6) is -0.661. The van der Waals surface area contributed by atoms with Gasteiger partial charge in [-0.25, -0.2) is 13.2 Å². The van der Waals surface area contributed by atoms with E-state index in [1.807, 2.05) is 0 Å². The highest BCUT2D eigenvalue weighted by Crippen LogP contribution is 2.19. The topological polar surface area (TPSA) is 104 Å². The van der Waals surface area contributed by atoms with Crippen LogP contribution in [0.5, 0.6) is 0 Å². The van der Waals surface area contributed by atoms with Crippen LogP contribution in [0.25, 0.3) is 0 Å². The van der Waals surface area contributed by atoms with E-state index in [1.165, 1.54) is 0 Å². The molecule has 0 spiro atoms. The number of aliphatic hydroxyl groups is 2. The van der Waals surface area contributed by atoms with Crippen molar-refractivity contribution in [2.24, 2.45) is 0 Å². The van der Waals surface area contributed by atoms with Crippen molar-refractivity contribution in [1.29, 1.82) is 0 Å². The third-order valence-corrected chi connectivity index (χ3v) is 4.24. The Morgan fingerprint density at radius 1 is 1.47 bits per heavy atom. The molecular formula is C9H17NO6S. The van der Waals surface area contributed by atoms with Crippen molar-refractivity contribution in [2.75, 3.05) is 31.3 Å². The highest BCUT2D eigenvalue weighted by Gasteiger charge is 2.42. The number of sulfone groups is 1. The molecule has 1 amide bonds. The highest BCUT2D eigenvalue weighted by atomic mass is 32.2. The third-order valence-electron chi connectivity index (χ3n) is 2.54. The van der Waals surface area contributed by atoms with Crippen molar-refractivity contribution < 1.29 is 28.2 Å². The molecule has 2 unspecified atom stereocenters. The second kappa shape index (κ2) is 5.65. The van der Waals surface area contributed by atoms with Crippen molar-refractivity contribution >= 4 is 15.9 Å². The number of carbonyl (C=O) groups excluding carboxylic acids is 1. The molecule has 0 saturated carbocycles. The molecule has 0 aromatic rings. The number of aliphatic hydroxyl groups excluding tert-OH is 2. The van der Waals surface area contributed by atoms with Gasteiger partial charge in [0.15, 0.2) is 9.84 Å². The molecule has 0 radical (unpaired) electrons. The molecule has 8 heteroatoms. The van der Waals surface area contributed by atoms with Crippen LogP contribution < -0.4 is 0 Å². The van der Waals surface area contributed by atoms with Gasteiger partial charge < -0.3 is 14.9 Å². The summed E-state index contributed by atoms with van der Waals surface area (Å²) >= 11 is 0. The maximum atomic E-state index is 11.6. The fourth-order valence-corrected chi connectivity index (χ4v) is 3.62. The lowest BCUT2D eigenvalue weighted by Gasteiger charge is -2.28. The first-order valence-corrected chi connectivity index (χ1v) is 7.16. The van der Waals surface area contributed by atoms with Crippen LogP contribution in [0, 0.1) is 0 Å². The van der Waals surface area contributed by atoms with Gasteiger partial charge in [0, 0.05) is 6.54 Å². The number of ether oxygens (including phenoxy) is 1. The summed E-state index contributed by atoms with van der Waals surface area (Å²) in [5, 5.41) is 18.5. The summed E-state index contributed by atoms with van der Waals surface area (Å²) in [4.78, 5) is 12.6. The second-order valence-corrected chi connectivity index (χ2v) is 5.98. The van der Waals surface area contributed by atoms with Crippen LogP contribution in [0.3, 0.4) is 0 Å². The molecule has 2 N–H and O–H groups in total. The fourth-order valence-electron chi connectivity index (χ4n) is 1.81. The van der Waals surface area contributed by atoms with Crippen molar-refractivity contribution in [3.8, 4) is 0 Å². The van der Waals surface area contributed by atoms with Crippen LogP contribution >= 0.6 is 0 Å². The molecule has 0 aromatic heterocycles. The van der Waals surface area contributed by atoms with E-state index in [0.717, 1.165) is 4.90 Å². The van der Waals surface area contributed by atoms with E-state index in [1.54, 1.807) is 6.92 Å². The minimum absolute atomic E-state index is 0.0594. The van der Waals surface area contributed by atoms with Gasteiger partial charge in [-0.3, -0.25) is 4.90 Å². The lowest BCUT2D eigenvalue weighted by molar-refractivity contribution is 0.0482. The van der Waals surface area contributed by atoms with Crippen LogP contribution in [-0.2, 0) is 14.6 Å². The van der Waals surface area contributed by atoms with Gasteiger partial charge in [-0.05, 0) is 6.92 Å². The predicted molar refractivity (Wildman–Crippen MR) is 59.3 cm³/mol. The van der Waals surface area contributed by atoms with Crippen molar-refractivity contribution in [2.45, 2.75) is 19.1 Å². The van der Waals surface area contributed by atoms with Crippen LogP contribution in [0.1, 0.15) is 6.92 Å². The Morgan fingerprint density at radius 2 is 2.12 bits per heavy atom. The first-order valence-electron chi connectivity index (χ1n) is 5.34. The molecule has 0 bridgehead atoms. The quantitative estimate of drug-likeness (QED) is 0.649. The maximum Gasteiger partial charge on any atom is 0.410 e. The van der Waals surface area contributed by atoms with E-state index >= 15 is 0 Å². The van der Waals surface area contributed by atoms with Gasteiger partial charge in [0.25, 0.3) is 0 Å². The zero-order valence-electron chi connectivity index (χ0n) is 9.57. The molecule has 1 aliphatic rings. The SMILES string of the molecule is CCOC(=O)N(CCO)C1CS(=O)(=O)CC1O. The molecule has 2 atom stereocenters. The molecule has 1 fully saturated rings. The zero-order chi connectivity index (χ0) is 13.1. The summed E-state index contributed by atoms with van der Waals surface area (Å²) in [6.45, 7) is 1.39. The van der Waals surface area contributed by atoms with E-state index in [-0.39, 0.29) is 31.3 Å². The molecule has 0 aliphatic carbocycles. The lowest BCUT2D eigenvalue weighted by Crippen LogP contribution is -2.48. The van der Waals surface area contributed by atoms with Crippen LogP contribution in [-0.4, -0.2) is 73.0 Å². The third kappa shape index (κ3) is 3.55. The zero-order valence-corrected chi connectivity index (χ0v) is 10.4. The summed E-state index contributed by atoms with van der Waals surface area (Å²) < 4.78 is 27.4. The summed E-state index contributed by atoms with van der Waals surface area (Å²) in [6.07, 6.45) is -1.85. The van der Waals surface area contributed by atoms with E-state index in [9.17, 15) is 18.3 Å². The molecule has 1 aliphatic heterocycles. The smallest absolute Gasteiger partial charge is 0.410 e. The summed E-state index contributed by atoms with van der Waals surface area (Å²) in [5.41, 5.74) is 0. The van der Waals surface area contributed by atoms with E-state index < -0.39 is 28.1 Å². The van der Waals surface area contributed by atoms with Crippen LogP contribution in [0.4, 0.5) is 4.79 Å². The van der Waals surface area contributed by atoms with E-state index in [4.69, 9.17) is 9.84 Å². The van der Waals surface area contributed by atoms with Gasteiger partial charge in [-0.15, -0.1) is 0 Å². The first-order chi connectivity index (χ1) is 7.91. The van der Waals surface area contributed by atoms with E-state index in [2.05, 4.69) is 0 Å². The Kier molecular flexibility index (Phi) is 4.72. The summed E-state index contributed by atoms with van der Waals surface area (Å²) in [7, 11) is -3.34. The van der Waals surface area contributed by atoms with Gasteiger partial charge in [0.05, 0.1) is 36.9 Å². The maximum absolute atomic E-state index is 11.6. The molecule has 1 rings (SSSR count). The van der Waals surface area contributed by atoms with Gasteiger partial charge in [-0.1, -0.05) is 0 Å². The number of rotatable bonds is 4. The number of amides is 1. The molecule has 17 heavy (non-hydrogen) atoms. The Balaban J connectivity index is 2.81. The minimum atomic E-state index is -3.34. The molecule has 100 valence electrons. The first kappa shape index (κ1) is 14.2. The normalized spacial score (nSPS) is 26.8. The Hall–Kier alpha value is -0.860. The number of hydrogen-bond donors (Lipinski definition) is 2. The average molecular weight is 267 g/mol. The van der Waals surface area contributed by atoms with Gasteiger partial charge in [0.1, 0.15) is 0 Å². The van der Waals surface area contributed by atoms with Crippen molar-refractivity contribution in [1.82, 2.24) is 4.90 Å².